The molecule has 1 atom stereocenters. The zero-order valence-electron chi connectivity index (χ0n) is 11.5. The van der Waals surface area contributed by atoms with Gasteiger partial charge in [-0.05, 0) is 31.2 Å². The smallest absolute Gasteiger partial charge is 0.137 e. The summed E-state index contributed by atoms with van der Waals surface area (Å²) >= 11 is 0. The molecule has 1 saturated carbocycles. The van der Waals surface area contributed by atoms with Gasteiger partial charge in [-0.3, -0.25) is 4.79 Å². The van der Waals surface area contributed by atoms with Gasteiger partial charge in [-0.1, -0.05) is 27.7 Å². The molecule has 1 rings (SSSR count). The van der Waals surface area contributed by atoms with E-state index in [0.717, 1.165) is 32.4 Å². The van der Waals surface area contributed by atoms with Crippen molar-refractivity contribution in [2.24, 2.45) is 17.3 Å². The second-order valence-corrected chi connectivity index (χ2v) is 6.65. The lowest BCUT2D eigenvalue weighted by molar-refractivity contribution is -0.127. The van der Waals surface area contributed by atoms with Crippen LogP contribution in [0.4, 0.5) is 0 Å². The lowest BCUT2D eigenvalue weighted by atomic mass is 9.71. The van der Waals surface area contributed by atoms with Crippen molar-refractivity contribution in [1.29, 1.82) is 0 Å². The van der Waals surface area contributed by atoms with E-state index in [1.807, 2.05) is 0 Å². The monoisotopic (exact) mass is 225 g/mol. The first-order valence-corrected chi connectivity index (χ1v) is 6.51. The zero-order chi connectivity index (χ0) is 12.3. The van der Waals surface area contributed by atoms with Crippen LogP contribution >= 0.6 is 0 Å². The highest BCUT2D eigenvalue weighted by Gasteiger charge is 2.33. The van der Waals surface area contributed by atoms with Crippen LogP contribution in [0.25, 0.3) is 0 Å². The van der Waals surface area contributed by atoms with Crippen LogP contribution in [0.5, 0.6) is 0 Å². The summed E-state index contributed by atoms with van der Waals surface area (Å²) in [6.07, 6.45) is 2.91. The van der Waals surface area contributed by atoms with E-state index in [2.05, 4.69) is 39.6 Å². The van der Waals surface area contributed by atoms with E-state index in [-0.39, 0.29) is 5.92 Å². The Morgan fingerprint density at radius 1 is 1.44 bits per heavy atom. The number of ketones is 1. The summed E-state index contributed by atoms with van der Waals surface area (Å²) in [5.41, 5.74) is 0.358. The Balaban J connectivity index is 2.48. The van der Waals surface area contributed by atoms with Crippen LogP contribution in [0.1, 0.15) is 47.0 Å². The lowest BCUT2D eigenvalue weighted by Gasteiger charge is -2.36. The molecule has 0 aromatic heterocycles. The average molecular weight is 225 g/mol. The van der Waals surface area contributed by atoms with Gasteiger partial charge in [-0.2, -0.15) is 0 Å². The Hall–Kier alpha value is -0.370. The van der Waals surface area contributed by atoms with Crippen molar-refractivity contribution in [3.8, 4) is 0 Å². The van der Waals surface area contributed by atoms with Crippen molar-refractivity contribution in [3.05, 3.63) is 0 Å². The number of hydrogen-bond donors (Lipinski definition) is 0. The van der Waals surface area contributed by atoms with Gasteiger partial charge in [0.2, 0.25) is 0 Å². The maximum atomic E-state index is 11.9. The van der Waals surface area contributed by atoms with Crippen LogP contribution in [0.2, 0.25) is 0 Å². The van der Waals surface area contributed by atoms with Gasteiger partial charge in [0.05, 0.1) is 0 Å². The fourth-order valence-corrected chi connectivity index (χ4v) is 2.79. The molecule has 1 aliphatic rings. The minimum atomic E-state index is 0.271. The predicted octanol–water partition coefficient (Wildman–Crippen LogP) is 2.97. The summed E-state index contributed by atoms with van der Waals surface area (Å²) in [6, 6.07) is 0. The maximum absolute atomic E-state index is 11.9. The van der Waals surface area contributed by atoms with Gasteiger partial charge in [0, 0.05) is 25.4 Å². The molecule has 94 valence electrons. The third kappa shape index (κ3) is 4.25. The molecule has 0 radical (unpaired) electrons. The van der Waals surface area contributed by atoms with Gasteiger partial charge in [-0.15, -0.1) is 0 Å². The second kappa shape index (κ2) is 5.31. The first-order chi connectivity index (χ1) is 7.30. The van der Waals surface area contributed by atoms with Gasteiger partial charge < -0.3 is 4.90 Å². The summed E-state index contributed by atoms with van der Waals surface area (Å²) < 4.78 is 0. The number of rotatable bonds is 4. The number of carbonyl (C=O) groups excluding carboxylic acids is 1. The van der Waals surface area contributed by atoms with Crippen molar-refractivity contribution in [1.82, 2.24) is 4.90 Å². The fraction of sp³-hybridized carbons (Fsp3) is 0.929. The van der Waals surface area contributed by atoms with Crippen LogP contribution < -0.4 is 0 Å². The molecule has 0 spiro atoms. The summed E-state index contributed by atoms with van der Waals surface area (Å²) in [7, 11) is 2.13. The number of Topliss-reactive ketones (excluding diaryl/α,β-unsaturated/α-hetero) is 1. The van der Waals surface area contributed by atoms with Gasteiger partial charge >= 0.3 is 0 Å². The topological polar surface area (TPSA) is 20.3 Å². The van der Waals surface area contributed by atoms with Crippen LogP contribution in [0.15, 0.2) is 0 Å². The van der Waals surface area contributed by atoms with Crippen molar-refractivity contribution in [3.63, 3.8) is 0 Å². The van der Waals surface area contributed by atoms with Crippen LogP contribution in [0.3, 0.4) is 0 Å². The maximum Gasteiger partial charge on any atom is 0.137 e. The van der Waals surface area contributed by atoms with Gasteiger partial charge in [0.1, 0.15) is 5.78 Å². The summed E-state index contributed by atoms with van der Waals surface area (Å²) in [5, 5.41) is 0. The molecule has 1 unspecified atom stereocenters. The third-order valence-electron chi connectivity index (χ3n) is 3.51. The third-order valence-corrected chi connectivity index (χ3v) is 3.51. The molecule has 16 heavy (non-hydrogen) atoms. The zero-order valence-corrected chi connectivity index (χ0v) is 11.5. The van der Waals surface area contributed by atoms with E-state index in [1.54, 1.807) is 0 Å². The van der Waals surface area contributed by atoms with Crippen molar-refractivity contribution < 1.29 is 4.79 Å². The van der Waals surface area contributed by atoms with E-state index in [1.165, 1.54) is 0 Å². The predicted molar refractivity (Wildman–Crippen MR) is 68.5 cm³/mol. The standard InChI is InChI=1S/C14H27NO/c1-11(2)9-15(5)10-12-8-14(3,4)7-6-13(12)16/h11-12H,6-10H2,1-5H3. The van der Waals surface area contributed by atoms with Crippen LogP contribution in [0, 0.1) is 17.3 Å². The molecule has 2 heteroatoms. The Bertz CT molecular complexity index is 245. The molecule has 1 fully saturated rings. The molecule has 0 saturated heterocycles. The highest BCUT2D eigenvalue weighted by atomic mass is 16.1. The Kier molecular flexibility index (Phi) is 4.54. The fourth-order valence-electron chi connectivity index (χ4n) is 2.79. The van der Waals surface area contributed by atoms with Gasteiger partial charge in [0.25, 0.3) is 0 Å². The van der Waals surface area contributed by atoms with E-state index in [4.69, 9.17) is 0 Å². The van der Waals surface area contributed by atoms with Crippen molar-refractivity contribution in [2.75, 3.05) is 20.1 Å². The second-order valence-electron chi connectivity index (χ2n) is 6.65. The molecule has 1 aliphatic carbocycles. The Morgan fingerprint density at radius 3 is 2.62 bits per heavy atom. The van der Waals surface area contributed by atoms with E-state index in [0.29, 0.717) is 17.1 Å². The largest absolute Gasteiger partial charge is 0.305 e. The molecule has 0 heterocycles. The first kappa shape index (κ1) is 13.7. The number of nitrogens with zero attached hydrogens (tertiary/aromatic N) is 1. The Labute approximate surface area is 100 Å². The summed E-state index contributed by atoms with van der Waals surface area (Å²) in [5.74, 6) is 1.43. The Morgan fingerprint density at radius 2 is 2.06 bits per heavy atom. The number of carbonyl (C=O) groups is 1. The van der Waals surface area contributed by atoms with E-state index < -0.39 is 0 Å². The van der Waals surface area contributed by atoms with E-state index >= 15 is 0 Å². The summed E-state index contributed by atoms with van der Waals surface area (Å²) in [6.45, 7) is 11.1. The molecule has 0 aliphatic heterocycles. The van der Waals surface area contributed by atoms with E-state index in [9.17, 15) is 4.79 Å². The SMILES string of the molecule is CC(C)CN(C)CC1CC(C)(C)CCC1=O. The van der Waals surface area contributed by atoms with Crippen LogP contribution in [-0.4, -0.2) is 30.8 Å². The molecular weight excluding hydrogens is 198 g/mol. The van der Waals surface area contributed by atoms with Gasteiger partial charge in [-0.25, -0.2) is 0 Å². The van der Waals surface area contributed by atoms with Gasteiger partial charge in [0.15, 0.2) is 0 Å². The molecular formula is C14H27NO. The van der Waals surface area contributed by atoms with Crippen LogP contribution in [-0.2, 0) is 4.79 Å². The highest BCUT2D eigenvalue weighted by molar-refractivity contribution is 5.82. The first-order valence-electron chi connectivity index (χ1n) is 6.51. The minimum absolute atomic E-state index is 0.271. The molecule has 2 nitrogen and oxygen atoms in total. The minimum Gasteiger partial charge on any atom is -0.305 e. The molecule has 0 amide bonds. The molecule has 0 N–H and O–H groups in total. The average Bonchev–Trinajstić information content (AvgIpc) is 2.09. The normalized spacial score (nSPS) is 25.4. The molecule has 0 bridgehead atoms. The molecule has 0 aromatic rings. The number of hydrogen-bond acceptors (Lipinski definition) is 2. The molecule has 0 aromatic carbocycles. The van der Waals surface area contributed by atoms with Crippen molar-refractivity contribution >= 4 is 5.78 Å². The summed E-state index contributed by atoms with van der Waals surface area (Å²) in [4.78, 5) is 14.2. The van der Waals surface area contributed by atoms with Crippen molar-refractivity contribution in [2.45, 2.75) is 47.0 Å². The lowest BCUT2D eigenvalue weighted by Crippen LogP contribution is -2.38. The highest BCUT2D eigenvalue weighted by Crippen LogP contribution is 2.36. The quantitative estimate of drug-likeness (QED) is 0.733.